The molecule has 0 aliphatic carbocycles. The van der Waals surface area contributed by atoms with Crippen molar-refractivity contribution in [3.63, 3.8) is 0 Å². The van der Waals surface area contributed by atoms with Crippen LogP contribution in [0.1, 0.15) is 5.89 Å². The van der Waals surface area contributed by atoms with Crippen LogP contribution >= 0.6 is 0 Å². The Morgan fingerprint density at radius 1 is 1.89 bits per heavy atom. The lowest BCUT2D eigenvalue weighted by atomic mass is 10.8. The molecule has 1 aromatic heterocycles. The van der Waals surface area contributed by atoms with Crippen molar-refractivity contribution in [3.8, 4) is 0 Å². The van der Waals surface area contributed by atoms with Gasteiger partial charge in [0.1, 0.15) is 0 Å². The molecular formula is C5H6N2O2. The molecule has 4 heteroatoms. The van der Waals surface area contributed by atoms with Gasteiger partial charge in [-0.15, -0.1) is 0 Å². The quantitative estimate of drug-likeness (QED) is 0.589. The van der Waals surface area contributed by atoms with Crippen LogP contribution in [0, 0.1) is 6.92 Å². The molecule has 1 aromatic rings. The summed E-state index contributed by atoms with van der Waals surface area (Å²) in [6.45, 7) is 1.70. The summed E-state index contributed by atoms with van der Waals surface area (Å²) in [5, 5.41) is 2.32. The largest absolute Gasteiger partial charge is 0.425 e. The van der Waals surface area contributed by atoms with Crippen LogP contribution < -0.4 is 5.32 Å². The minimum absolute atomic E-state index is 0.377. The number of rotatable bonds is 2. The number of nitrogens with one attached hydrogen (secondary N) is 1. The van der Waals surface area contributed by atoms with Crippen molar-refractivity contribution in [3.05, 3.63) is 12.1 Å². The third kappa shape index (κ3) is 1.28. The van der Waals surface area contributed by atoms with Crippen LogP contribution in [-0.4, -0.2) is 11.4 Å². The number of hydrogen-bond donors (Lipinski definition) is 1. The van der Waals surface area contributed by atoms with Gasteiger partial charge in [0.25, 0.3) is 0 Å². The second kappa shape index (κ2) is 2.30. The summed E-state index contributed by atoms with van der Waals surface area (Å²) in [6, 6.07) is 0. The fourth-order valence-corrected chi connectivity index (χ4v) is 0.486. The standard InChI is InChI=1S/C5H6N2O2/c1-4-6-2-5(9-4)7-3-8/h2-3H,1H3,(H,7,8). The maximum absolute atomic E-state index is 9.78. The number of aryl methyl sites for hydroxylation is 1. The molecule has 1 N–H and O–H groups in total. The zero-order valence-electron chi connectivity index (χ0n) is 4.92. The molecule has 0 saturated heterocycles. The van der Waals surface area contributed by atoms with Gasteiger partial charge < -0.3 is 4.42 Å². The molecule has 0 spiro atoms. The molecule has 1 amide bonds. The van der Waals surface area contributed by atoms with E-state index in [1.165, 1.54) is 6.20 Å². The molecular weight excluding hydrogens is 120 g/mol. The van der Waals surface area contributed by atoms with Crippen molar-refractivity contribution in [1.29, 1.82) is 0 Å². The lowest BCUT2D eigenvalue weighted by Crippen LogP contribution is -1.89. The van der Waals surface area contributed by atoms with Gasteiger partial charge in [0.15, 0.2) is 5.89 Å². The van der Waals surface area contributed by atoms with Crippen molar-refractivity contribution >= 4 is 12.3 Å². The van der Waals surface area contributed by atoms with Crippen molar-refractivity contribution < 1.29 is 9.21 Å². The van der Waals surface area contributed by atoms with Crippen LogP contribution in [0.4, 0.5) is 5.88 Å². The van der Waals surface area contributed by atoms with E-state index in [2.05, 4.69) is 10.3 Å². The molecule has 0 radical (unpaired) electrons. The number of anilines is 1. The van der Waals surface area contributed by atoms with Crippen molar-refractivity contribution in [2.24, 2.45) is 0 Å². The van der Waals surface area contributed by atoms with Gasteiger partial charge >= 0.3 is 0 Å². The molecule has 0 aliphatic heterocycles. The maximum Gasteiger partial charge on any atom is 0.220 e. The van der Waals surface area contributed by atoms with Crippen LogP contribution in [0.5, 0.6) is 0 Å². The predicted octanol–water partition coefficient (Wildman–Crippen LogP) is 0.551. The summed E-state index contributed by atoms with van der Waals surface area (Å²) in [7, 11) is 0. The van der Waals surface area contributed by atoms with E-state index < -0.39 is 0 Å². The third-order valence-electron chi connectivity index (χ3n) is 0.822. The van der Waals surface area contributed by atoms with Gasteiger partial charge in [-0.2, -0.15) is 0 Å². The fraction of sp³-hybridized carbons (Fsp3) is 0.200. The number of nitrogens with zero attached hydrogens (tertiary/aromatic N) is 1. The molecule has 1 heterocycles. The van der Waals surface area contributed by atoms with E-state index in [4.69, 9.17) is 4.42 Å². The summed E-state index contributed by atoms with van der Waals surface area (Å²) in [5.41, 5.74) is 0. The minimum Gasteiger partial charge on any atom is -0.425 e. The average Bonchev–Trinajstić information content (AvgIpc) is 2.17. The zero-order chi connectivity index (χ0) is 6.69. The molecule has 0 unspecified atom stereocenters. The average molecular weight is 126 g/mol. The van der Waals surface area contributed by atoms with Crippen molar-refractivity contribution in [2.75, 3.05) is 5.32 Å². The molecule has 0 saturated carbocycles. The van der Waals surface area contributed by atoms with E-state index in [0.717, 1.165) is 0 Å². The third-order valence-corrected chi connectivity index (χ3v) is 0.822. The van der Waals surface area contributed by atoms with Crippen molar-refractivity contribution in [2.45, 2.75) is 6.92 Å². The first-order valence-electron chi connectivity index (χ1n) is 2.45. The van der Waals surface area contributed by atoms with Gasteiger partial charge in [-0.3, -0.25) is 10.1 Å². The molecule has 0 aliphatic rings. The predicted molar refractivity (Wildman–Crippen MR) is 30.9 cm³/mol. The van der Waals surface area contributed by atoms with E-state index in [1.807, 2.05) is 0 Å². The number of carbonyl (C=O) groups excluding carboxylic acids is 1. The Morgan fingerprint density at radius 2 is 2.67 bits per heavy atom. The van der Waals surface area contributed by atoms with E-state index in [0.29, 0.717) is 18.2 Å². The highest BCUT2D eigenvalue weighted by molar-refractivity contribution is 5.67. The van der Waals surface area contributed by atoms with Gasteiger partial charge in [-0.25, -0.2) is 4.98 Å². The lowest BCUT2D eigenvalue weighted by Gasteiger charge is -1.84. The summed E-state index contributed by atoms with van der Waals surface area (Å²) >= 11 is 0. The van der Waals surface area contributed by atoms with E-state index in [-0.39, 0.29) is 0 Å². The topological polar surface area (TPSA) is 55.1 Å². The second-order valence-electron chi connectivity index (χ2n) is 1.51. The fourth-order valence-electron chi connectivity index (χ4n) is 0.486. The molecule has 0 atom stereocenters. The monoisotopic (exact) mass is 126 g/mol. The van der Waals surface area contributed by atoms with Gasteiger partial charge in [0.2, 0.25) is 12.3 Å². The first-order valence-corrected chi connectivity index (χ1v) is 2.45. The minimum atomic E-state index is 0.377. The number of oxazole rings is 1. The normalized spacial score (nSPS) is 9.00. The Kier molecular flexibility index (Phi) is 1.48. The van der Waals surface area contributed by atoms with Crippen LogP contribution in [-0.2, 0) is 4.79 Å². The zero-order valence-corrected chi connectivity index (χ0v) is 4.92. The highest BCUT2D eigenvalue weighted by atomic mass is 16.4. The highest BCUT2D eigenvalue weighted by Gasteiger charge is 1.94. The van der Waals surface area contributed by atoms with E-state index in [1.54, 1.807) is 6.92 Å². The van der Waals surface area contributed by atoms with Crippen molar-refractivity contribution in [1.82, 2.24) is 4.98 Å². The number of hydrogen-bond acceptors (Lipinski definition) is 3. The Balaban J connectivity index is 2.72. The molecule has 0 fully saturated rings. The van der Waals surface area contributed by atoms with E-state index in [9.17, 15) is 4.79 Å². The summed E-state index contributed by atoms with van der Waals surface area (Å²) in [6.07, 6.45) is 1.99. The molecule has 1 rings (SSSR count). The van der Waals surface area contributed by atoms with Crippen LogP contribution in [0.25, 0.3) is 0 Å². The molecule has 9 heavy (non-hydrogen) atoms. The summed E-state index contributed by atoms with van der Waals surface area (Å²) in [5.74, 6) is 0.918. The number of amides is 1. The Bertz CT molecular complexity index is 206. The highest BCUT2D eigenvalue weighted by Crippen LogP contribution is 2.05. The number of carbonyl (C=O) groups is 1. The van der Waals surface area contributed by atoms with Crippen LogP contribution in [0.15, 0.2) is 10.6 Å². The maximum atomic E-state index is 9.78. The van der Waals surface area contributed by atoms with Gasteiger partial charge in [0.05, 0.1) is 6.20 Å². The molecule has 48 valence electrons. The Labute approximate surface area is 51.9 Å². The van der Waals surface area contributed by atoms with Gasteiger partial charge in [0, 0.05) is 6.92 Å². The SMILES string of the molecule is Cc1ncc(NC=O)o1. The molecule has 0 aromatic carbocycles. The van der Waals surface area contributed by atoms with Gasteiger partial charge in [-0.05, 0) is 0 Å². The summed E-state index contributed by atoms with van der Waals surface area (Å²) < 4.78 is 4.87. The molecule has 0 bridgehead atoms. The first kappa shape index (κ1) is 5.81. The number of aromatic nitrogens is 1. The van der Waals surface area contributed by atoms with E-state index >= 15 is 0 Å². The first-order chi connectivity index (χ1) is 4.33. The van der Waals surface area contributed by atoms with Crippen LogP contribution in [0.2, 0.25) is 0 Å². The smallest absolute Gasteiger partial charge is 0.220 e. The summed E-state index contributed by atoms with van der Waals surface area (Å²) in [4.78, 5) is 13.5. The van der Waals surface area contributed by atoms with Gasteiger partial charge in [-0.1, -0.05) is 0 Å². The second-order valence-corrected chi connectivity index (χ2v) is 1.51. The Morgan fingerprint density at radius 3 is 3.11 bits per heavy atom. The van der Waals surface area contributed by atoms with Crippen LogP contribution in [0.3, 0.4) is 0 Å². The Hall–Kier alpha value is -1.32. The lowest BCUT2D eigenvalue weighted by molar-refractivity contribution is -0.105. The molecule has 4 nitrogen and oxygen atoms in total.